The molecule has 3 aromatic rings. The summed E-state index contributed by atoms with van der Waals surface area (Å²) in [5.74, 6) is 1.58. The highest BCUT2D eigenvalue weighted by atomic mass is 32.1. The van der Waals surface area contributed by atoms with Crippen molar-refractivity contribution in [3.8, 4) is 11.5 Å². The molecule has 4 rings (SSSR count). The molecule has 1 atom stereocenters. The molecule has 0 spiro atoms. The molecule has 6 nitrogen and oxygen atoms in total. The zero-order valence-electron chi connectivity index (χ0n) is 13.6. The van der Waals surface area contributed by atoms with Gasteiger partial charge in [-0.25, -0.2) is 19.9 Å². The molecule has 1 saturated heterocycles. The molecule has 1 aliphatic heterocycles. The molecule has 0 saturated carbocycles. The lowest BCUT2D eigenvalue weighted by molar-refractivity contribution is 0.135. The SMILES string of the molecule is Cc1nc(-c2ncc[nH]2)cc(C2CCCCN2Cc2cscn2)n1. The molecule has 4 heterocycles. The summed E-state index contributed by atoms with van der Waals surface area (Å²) in [6, 6.07) is 2.39. The molecule has 0 amide bonds. The Morgan fingerprint density at radius 3 is 3.04 bits per heavy atom. The van der Waals surface area contributed by atoms with Crippen molar-refractivity contribution in [1.29, 1.82) is 0 Å². The van der Waals surface area contributed by atoms with Crippen molar-refractivity contribution in [2.75, 3.05) is 6.54 Å². The number of imidazole rings is 1. The standard InChI is InChI=1S/C17H20N6S/c1-12-21-14(8-15(22-12)17-18-5-6-19-17)16-4-2-3-7-23(16)9-13-10-24-11-20-13/h5-6,8,10-11,16H,2-4,7,9H2,1H3,(H,18,19). The monoisotopic (exact) mass is 340 g/mol. The summed E-state index contributed by atoms with van der Waals surface area (Å²) in [6.45, 7) is 3.91. The van der Waals surface area contributed by atoms with Gasteiger partial charge in [-0.3, -0.25) is 4.90 Å². The van der Waals surface area contributed by atoms with Crippen molar-refractivity contribution in [2.45, 2.75) is 38.8 Å². The molecule has 0 bridgehead atoms. The highest BCUT2D eigenvalue weighted by Crippen LogP contribution is 2.32. The number of hydrogen-bond acceptors (Lipinski definition) is 6. The topological polar surface area (TPSA) is 70.6 Å². The third-order valence-corrected chi connectivity index (χ3v) is 5.04. The maximum absolute atomic E-state index is 4.73. The van der Waals surface area contributed by atoms with E-state index >= 15 is 0 Å². The number of aryl methyl sites for hydroxylation is 1. The molecule has 1 unspecified atom stereocenters. The molecule has 124 valence electrons. The number of likely N-dealkylation sites (tertiary alicyclic amines) is 1. The van der Waals surface area contributed by atoms with Gasteiger partial charge in [0.2, 0.25) is 0 Å². The highest BCUT2D eigenvalue weighted by molar-refractivity contribution is 7.07. The molecular weight excluding hydrogens is 320 g/mol. The average molecular weight is 340 g/mol. The molecule has 3 aromatic heterocycles. The Morgan fingerprint density at radius 1 is 1.29 bits per heavy atom. The zero-order chi connectivity index (χ0) is 16.4. The number of nitrogens with one attached hydrogen (secondary N) is 1. The maximum atomic E-state index is 4.73. The predicted octanol–water partition coefficient (Wildman–Crippen LogP) is 3.36. The first kappa shape index (κ1) is 15.4. The number of aromatic nitrogens is 5. The summed E-state index contributed by atoms with van der Waals surface area (Å²) >= 11 is 1.65. The fraction of sp³-hybridized carbons (Fsp3) is 0.412. The van der Waals surface area contributed by atoms with E-state index in [-0.39, 0.29) is 0 Å². The van der Waals surface area contributed by atoms with Crippen LogP contribution in [0.25, 0.3) is 11.5 Å². The van der Waals surface area contributed by atoms with Gasteiger partial charge in [-0.15, -0.1) is 11.3 Å². The summed E-state index contributed by atoms with van der Waals surface area (Å²) in [5, 5.41) is 2.13. The van der Waals surface area contributed by atoms with E-state index in [1.165, 1.54) is 12.8 Å². The van der Waals surface area contributed by atoms with E-state index < -0.39 is 0 Å². The fourth-order valence-corrected chi connectivity index (χ4v) is 3.88. The molecule has 24 heavy (non-hydrogen) atoms. The quantitative estimate of drug-likeness (QED) is 0.788. The Labute approximate surface area is 145 Å². The van der Waals surface area contributed by atoms with Gasteiger partial charge in [0.15, 0.2) is 5.82 Å². The van der Waals surface area contributed by atoms with Gasteiger partial charge in [0.1, 0.15) is 11.5 Å². The molecule has 7 heteroatoms. The molecular formula is C17H20N6S. The second-order valence-corrected chi connectivity index (χ2v) is 6.84. The van der Waals surface area contributed by atoms with Crippen molar-refractivity contribution in [1.82, 2.24) is 29.8 Å². The van der Waals surface area contributed by atoms with Crippen LogP contribution in [-0.4, -0.2) is 36.4 Å². The smallest absolute Gasteiger partial charge is 0.156 e. The van der Waals surface area contributed by atoms with Gasteiger partial charge in [-0.2, -0.15) is 0 Å². The van der Waals surface area contributed by atoms with E-state index in [0.29, 0.717) is 6.04 Å². The first-order valence-corrected chi connectivity index (χ1v) is 9.20. The Hall–Kier alpha value is -2.12. The lowest BCUT2D eigenvalue weighted by Crippen LogP contribution is -2.33. The summed E-state index contributed by atoms with van der Waals surface area (Å²) in [5.41, 5.74) is 4.99. The zero-order valence-corrected chi connectivity index (χ0v) is 14.5. The van der Waals surface area contributed by atoms with E-state index in [0.717, 1.165) is 48.2 Å². The van der Waals surface area contributed by atoms with E-state index in [1.807, 2.05) is 18.6 Å². The normalized spacial score (nSPS) is 18.8. The van der Waals surface area contributed by atoms with Crippen LogP contribution in [0.1, 0.15) is 42.5 Å². The van der Waals surface area contributed by atoms with Crippen molar-refractivity contribution in [3.63, 3.8) is 0 Å². The number of hydrogen-bond donors (Lipinski definition) is 1. The molecule has 0 aromatic carbocycles. The van der Waals surface area contributed by atoms with Gasteiger partial charge in [-0.05, 0) is 32.4 Å². The summed E-state index contributed by atoms with van der Waals surface area (Å²) in [4.78, 5) is 23.7. The van der Waals surface area contributed by atoms with E-state index in [1.54, 1.807) is 17.5 Å². The second kappa shape index (κ2) is 6.78. The number of H-pyrrole nitrogens is 1. The van der Waals surface area contributed by atoms with Crippen LogP contribution in [0.3, 0.4) is 0 Å². The summed E-state index contributed by atoms with van der Waals surface area (Å²) in [6.07, 6.45) is 7.16. The van der Waals surface area contributed by atoms with Gasteiger partial charge >= 0.3 is 0 Å². The van der Waals surface area contributed by atoms with Gasteiger partial charge in [0, 0.05) is 24.3 Å². The lowest BCUT2D eigenvalue weighted by atomic mass is 9.98. The number of piperidine rings is 1. The molecule has 0 radical (unpaired) electrons. The van der Waals surface area contributed by atoms with Crippen LogP contribution >= 0.6 is 11.3 Å². The van der Waals surface area contributed by atoms with Crippen LogP contribution in [0.4, 0.5) is 0 Å². The van der Waals surface area contributed by atoms with E-state index in [2.05, 4.69) is 36.3 Å². The van der Waals surface area contributed by atoms with Gasteiger partial charge in [0.25, 0.3) is 0 Å². The molecule has 1 aliphatic rings. The minimum Gasteiger partial charge on any atom is -0.343 e. The average Bonchev–Trinajstić information content (AvgIpc) is 3.28. The minimum absolute atomic E-state index is 0.316. The fourth-order valence-electron chi connectivity index (χ4n) is 3.33. The molecule has 0 aliphatic carbocycles. The third kappa shape index (κ3) is 3.22. The van der Waals surface area contributed by atoms with Crippen LogP contribution in [0, 0.1) is 6.92 Å². The summed E-state index contributed by atoms with van der Waals surface area (Å²) in [7, 11) is 0. The summed E-state index contributed by atoms with van der Waals surface area (Å²) < 4.78 is 0. The number of aromatic amines is 1. The number of rotatable bonds is 4. The first-order chi connectivity index (χ1) is 11.8. The predicted molar refractivity (Wildman–Crippen MR) is 93.5 cm³/mol. The third-order valence-electron chi connectivity index (χ3n) is 4.40. The van der Waals surface area contributed by atoms with E-state index in [9.17, 15) is 0 Å². The Kier molecular flexibility index (Phi) is 4.36. The van der Waals surface area contributed by atoms with Crippen molar-refractivity contribution in [2.24, 2.45) is 0 Å². The highest BCUT2D eigenvalue weighted by Gasteiger charge is 2.26. The number of nitrogens with zero attached hydrogens (tertiary/aromatic N) is 5. The second-order valence-electron chi connectivity index (χ2n) is 6.12. The van der Waals surface area contributed by atoms with Crippen LogP contribution < -0.4 is 0 Å². The van der Waals surface area contributed by atoms with Crippen molar-refractivity contribution in [3.05, 3.63) is 46.6 Å². The largest absolute Gasteiger partial charge is 0.343 e. The van der Waals surface area contributed by atoms with E-state index in [4.69, 9.17) is 4.98 Å². The lowest BCUT2D eigenvalue weighted by Gasteiger charge is -2.35. The van der Waals surface area contributed by atoms with Gasteiger partial charge < -0.3 is 4.98 Å². The van der Waals surface area contributed by atoms with Crippen molar-refractivity contribution >= 4 is 11.3 Å². The van der Waals surface area contributed by atoms with Crippen LogP contribution in [-0.2, 0) is 6.54 Å². The Morgan fingerprint density at radius 2 is 2.25 bits per heavy atom. The maximum Gasteiger partial charge on any atom is 0.156 e. The first-order valence-electron chi connectivity index (χ1n) is 8.26. The molecule has 1 fully saturated rings. The minimum atomic E-state index is 0.316. The van der Waals surface area contributed by atoms with Crippen molar-refractivity contribution < 1.29 is 0 Å². The van der Waals surface area contributed by atoms with Crippen LogP contribution in [0.5, 0.6) is 0 Å². The Balaban J connectivity index is 1.65. The van der Waals surface area contributed by atoms with Gasteiger partial charge in [0.05, 0.1) is 22.9 Å². The molecule has 1 N–H and O–H groups in total. The Bertz CT molecular complexity index is 784. The van der Waals surface area contributed by atoms with Gasteiger partial charge in [-0.1, -0.05) is 6.42 Å². The number of thiazole rings is 1. The van der Waals surface area contributed by atoms with Crippen LogP contribution in [0.15, 0.2) is 29.4 Å². The van der Waals surface area contributed by atoms with Crippen LogP contribution in [0.2, 0.25) is 0 Å².